The van der Waals surface area contributed by atoms with E-state index in [4.69, 9.17) is 16.6 Å². The predicted octanol–water partition coefficient (Wildman–Crippen LogP) is 3.69. The van der Waals surface area contributed by atoms with Crippen LogP contribution in [0, 0.1) is 6.92 Å². The SMILES string of the molecule is Cc1ccc(N2C(=O)/C(=C/c3cn(CC(=O)NCc4ccco4)c4ccccc34)C(=O)NC2=S)cc1. The zero-order valence-electron chi connectivity index (χ0n) is 19.4. The molecule has 1 aliphatic rings. The van der Waals surface area contributed by atoms with E-state index in [0.717, 1.165) is 16.5 Å². The van der Waals surface area contributed by atoms with Gasteiger partial charge in [0, 0.05) is 22.7 Å². The molecule has 36 heavy (non-hydrogen) atoms. The molecule has 0 radical (unpaired) electrons. The zero-order valence-corrected chi connectivity index (χ0v) is 20.2. The van der Waals surface area contributed by atoms with Gasteiger partial charge in [-0.15, -0.1) is 0 Å². The molecular formula is C27H22N4O4S. The van der Waals surface area contributed by atoms with Crippen LogP contribution in [0.2, 0.25) is 0 Å². The number of carbonyl (C=O) groups is 3. The van der Waals surface area contributed by atoms with Crippen molar-refractivity contribution in [3.63, 3.8) is 0 Å². The Kier molecular flexibility index (Phi) is 6.22. The van der Waals surface area contributed by atoms with Crippen LogP contribution >= 0.6 is 12.2 Å². The average Bonchev–Trinajstić information content (AvgIpc) is 3.50. The maximum Gasteiger partial charge on any atom is 0.270 e. The summed E-state index contributed by atoms with van der Waals surface area (Å²) in [6.07, 6.45) is 4.85. The Morgan fingerprint density at radius 3 is 2.61 bits per heavy atom. The number of nitrogens with one attached hydrogen (secondary N) is 2. The third-order valence-electron chi connectivity index (χ3n) is 5.87. The summed E-state index contributed by atoms with van der Waals surface area (Å²) < 4.78 is 7.04. The molecule has 9 heteroatoms. The molecular weight excluding hydrogens is 476 g/mol. The van der Waals surface area contributed by atoms with Gasteiger partial charge in [0.15, 0.2) is 5.11 Å². The van der Waals surface area contributed by atoms with Gasteiger partial charge in [-0.2, -0.15) is 0 Å². The largest absolute Gasteiger partial charge is 0.467 e. The molecule has 3 heterocycles. The van der Waals surface area contributed by atoms with Gasteiger partial charge in [-0.3, -0.25) is 24.6 Å². The number of fused-ring (bicyclic) bond motifs is 1. The maximum absolute atomic E-state index is 13.4. The van der Waals surface area contributed by atoms with Crippen LogP contribution in [0.25, 0.3) is 17.0 Å². The maximum atomic E-state index is 13.4. The van der Waals surface area contributed by atoms with E-state index < -0.39 is 11.8 Å². The molecule has 0 aliphatic carbocycles. The number of aryl methyl sites for hydroxylation is 1. The third-order valence-corrected chi connectivity index (χ3v) is 6.15. The van der Waals surface area contributed by atoms with Crippen molar-refractivity contribution in [3.8, 4) is 0 Å². The molecule has 5 rings (SSSR count). The third kappa shape index (κ3) is 4.56. The van der Waals surface area contributed by atoms with Crippen LogP contribution in [-0.4, -0.2) is 27.4 Å². The monoisotopic (exact) mass is 498 g/mol. The second kappa shape index (κ2) is 9.63. The van der Waals surface area contributed by atoms with Gasteiger partial charge in [0.05, 0.1) is 18.5 Å². The Morgan fingerprint density at radius 2 is 1.86 bits per heavy atom. The van der Waals surface area contributed by atoms with Crippen molar-refractivity contribution in [1.29, 1.82) is 0 Å². The lowest BCUT2D eigenvalue weighted by atomic mass is 10.1. The molecule has 2 N–H and O–H groups in total. The lowest BCUT2D eigenvalue weighted by molar-refractivity contribution is -0.123. The first-order chi connectivity index (χ1) is 17.4. The first-order valence-corrected chi connectivity index (χ1v) is 11.7. The fraction of sp³-hybridized carbons (Fsp3) is 0.111. The molecule has 1 saturated heterocycles. The Labute approximate surface area is 212 Å². The van der Waals surface area contributed by atoms with Crippen molar-refractivity contribution in [2.45, 2.75) is 20.0 Å². The van der Waals surface area contributed by atoms with Crippen molar-refractivity contribution in [2.24, 2.45) is 0 Å². The van der Waals surface area contributed by atoms with Crippen LogP contribution in [0.4, 0.5) is 5.69 Å². The highest BCUT2D eigenvalue weighted by Gasteiger charge is 2.34. The first-order valence-electron chi connectivity index (χ1n) is 11.3. The number of benzene rings is 2. The van der Waals surface area contributed by atoms with Crippen LogP contribution in [-0.2, 0) is 27.5 Å². The number of nitrogens with zero attached hydrogens (tertiary/aromatic N) is 2. The van der Waals surface area contributed by atoms with Crippen LogP contribution in [0.15, 0.2) is 83.1 Å². The second-order valence-corrected chi connectivity index (χ2v) is 8.77. The van der Waals surface area contributed by atoms with E-state index in [-0.39, 0.29) is 29.7 Å². The van der Waals surface area contributed by atoms with Crippen molar-refractivity contribution in [1.82, 2.24) is 15.2 Å². The summed E-state index contributed by atoms with van der Waals surface area (Å²) in [6, 6.07) is 18.3. The quantitative estimate of drug-likeness (QED) is 0.240. The molecule has 8 nitrogen and oxygen atoms in total. The molecule has 0 saturated carbocycles. The average molecular weight is 499 g/mol. The smallest absolute Gasteiger partial charge is 0.270 e. The lowest BCUT2D eigenvalue weighted by Gasteiger charge is -2.29. The molecule has 2 aromatic heterocycles. The molecule has 0 bridgehead atoms. The molecule has 0 atom stereocenters. The number of hydrogen-bond acceptors (Lipinski definition) is 5. The number of amides is 3. The van der Waals surface area contributed by atoms with Crippen molar-refractivity contribution < 1.29 is 18.8 Å². The molecule has 2 aromatic carbocycles. The van der Waals surface area contributed by atoms with Gasteiger partial charge >= 0.3 is 0 Å². The first kappa shape index (κ1) is 23.3. The number of hydrogen-bond donors (Lipinski definition) is 2. The number of thiocarbonyl (C=S) groups is 1. The highest BCUT2D eigenvalue weighted by atomic mass is 32.1. The minimum Gasteiger partial charge on any atom is -0.467 e. The standard InChI is InChI=1S/C27H22N4O4S/c1-17-8-10-19(11-9-17)31-26(34)22(25(33)29-27(31)36)13-18-15-30(23-7-3-2-6-21(18)23)16-24(32)28-14-20-5-4-12-35-20/h2-13,15H,14,16H2,1H3,(H,28,32)(H,29,33,36)/b22-13+. The minimum atomic E-state index is -0.568. The molecule has 0 spiro atoms. The van der Waals surface area contributed by atoms with Gasteiger partial charge < -0.3 is 14.3 Å². The van der Waals surface area contributed by atoms with Crippen molar-refractivity contribution in [2.75, 3.05) is 4.90 Å². The molecule has 0 unspecified atom stereocenters. The number of anilines is 1. The van der Waals surface area contributed by atoms with E-state index in [0.29, 0.717) is 17.0 Å². The summed E-state index contributed by atoms with van der Waals surface area (Å²) in [4.78, 5) is 40.1. The van der Waals surface area contributed by atoms with Gasteiger partial charge in [-0.1, -0.05) is 35.9 Å². The summed E-state index contributed by atoms with van der Waals surface area (Å²) >= 11 is 5.29. The van der Waals surface area contributed by atoms with E-state index in [2.05, 4.69) is 10.6 Å². The number of carbonyl (C=O) groups excluding carboxylic acids is 3. The number of para-hydroxylation sites is 1. The van der Waals surface area contributed by atoms with Gasteiger partial charge in [0.2, 0.25) is 5.91 Å². The molecule has 1 fully saturated rings. The van der Waals surface area contributed by atoms with E-state index in [1.54, 1.807) is 47.4 Å². The van der Waals surface area contributed by atoms with Gasteiger partial charge in [-0.05, 0) is 55.5 Å². The summed E-state index contributed by atoms with van der Waals surface area (Å²) in [6.45, 7) is 2.29. The van der Waals surface area contributed by atoms with Crippen LogP contribution in [0.3, 0.4) is 0 Å². The lowest BCUT2D eigenvalue weighted by Crippen LogP contribution is -2.54. The fourth-order valence-corrected chi connectivity index (χ4v) is 4.35. The summed E-state index contributed by atoms with van der Waals surface area (Å²) in [5, 5.41) is 6.27. The molecule has 3 amide bonds. The Hall–Kier alpha value is -4.50. The fourth-order valence-electron chi connectivity index (χ4n) is 4.07. The Morgan fingerprint density at radius 1 is 1.08 bits per heavy atom. The normalized spacial score (nSPS) is 15.0. The van der Waals surface area contributed by atoms with E-state index in [9.17, 15) is 14.4 Å². The number of aromatic nitrogens is 1. The topological polar surface area (TPSA) is 96.6 Å². The Bertz CT molecular complexity index is 1520. The Balaban J connectivity index is 1.45. The number of furan rings is 1. The summed E-state index contributed by atoms with van der Waals surface area (Å²) in [5.41, 5.74) is 2.99. The van der Waals surface area contributed by atoms with E-state index in [1.165, 1.54) is 4.90 Å². The van der Waals surface area contributed by atoms with E-state index in [1.807, 2.05) is 43.3 Å². The highest BCUT2D eigenvalue weighted by Crippen LogP contribution is 2.27. The molecule has 180 valence electrons. The van der Waals surface area contributed by atoms with Gasteiger partial charge in [0.1, 0.15) is 17.9 Å². The summed E-state index contributed by atoms with van der Waals surface area (Å²) in [7, 11) is 0. The van der Waals surface area contributed by atoms with Gasteiger partial charge in [0.25, 0.3) is 11.8 Å². The van der Waals surface area contributed by atoms with Crippen molar-refractivity contribution in [3.05, 3.63) is 95.6 Å². The van der Waals surface area contributed by atoms with Crippen LogP contribution in [0.1, 0.15) is 16.9 Å². The summed E-state index contributed by atoms with van der Waals surface area (Å²) in [5.74, 6) is -0.625. The van der Waals surface area contributed by atoms with Crippen LogP contribution in [0.5, 0.6) is 0 Å². The number of rotatable bonds is 6. The van der Waals surface area contributed by atoms with Crippen LogP contribution < -0.4 is 15.5 Å². The van der Waals surface area contributed by atoms with E-state index >= 15 is 0 Å². The zero-order chi connectivity index (χ0) is 25.2. The predicted molar refractivity (Wildman–Crippen MR) is 140 cm³/mol. The van der Waals surface area contributed by atoms with Gasteiger partial charge in [-0.25, -0.2) is 0 Å². The second-order valence-electron chi connectivity index (χ2n) is 8.38. The molecule has 4 aromatic rings. The minimum absolute atomic E-state index is 0.0293. The molecule has 1 aliphatic heterocycles. The highest BCUT2D eigenvalue weighted by molar-refractivity contribution is 7.80. The van der Waals surface area contributed by atoms with Crippen molar-refractivity contribution >= 4 is 57.7 Å².